The van der Waals surface area contributed by atoms with E-state index in [4.69, 9.17) is 14.2 Å². The molecule has 0 aliphatic carbocycles. The van der Waals surface area contributed by atoms with Crippen molar-refractivity contribution in [1.29, 1.82) is 0 Å². The fourth-order valence-electron chi connectivity index (χ4n) is 1.72. The van der Waals surface area contributed by atoms with Gasteiger partial charge in [0.1, 0.15) is 17.0 Å². The van der Waals surface area contributed by atoms with E-state index < -0.39 is 23.1 Å². The predicted molar refractivity (Wildman–Crippen MR) is 98.6 cm³/mol. The van der Waals surface area contributed by atoms with Crippen molar-refractivity contribution in [3.63, 3.8) is 0 Å². The second-order valence-electron chi connectivity index (χ2n) is 7.30. The highest BCUT2D eigenvalue weighted by atomic mass is 32.2. The molecule has 0 aliphatic heterocycles. The monoisotopic (exact) mass is 366 g/mol. The predicted octanol–water partition coefficient (Wildman–Crippen LogP) is 4.35. The van der Waals surface area contributed by atoms with E-state index in [1.807, 2.05) is 18.4 Å². The minimum atomic E-state index is -0.728. The molecule has 0 aromatic heterocycles. The lowest BCUT2D eigenvalue weighted by molar-refractivity contribution is -0.154. The normalized spacial score (nSPS) is 12.5. The van der Waals surface area contributed by atoms with Crippen molar-refractivity contribution in [1.82, 2.24) is 0 Å². The van der Waals surface area contributed by atoms with Crippen molar-refractivity contribution >= 4 is 23.7 Å². The van der Waals surface area contributed by atoms with E-state index in [0.717, 1.165) is 11.0 Å². The molecule has 1 rings (SSSR count). The third-order valence-corrected chi connectivity index (χ3v) is 3.32. The molecule has 0 saturated heterocycles. The molecule has 0 spiro atoms. The zero-order valence-electron chi connectivity index (χ0n) is 15.8. The van der Waals surface area contributed by atoms with Gasteiger partial charge in [0, 0.05) is 4.90 Å². The first kappa shape index (κ1) is 21.1. The van der Waals surface area contributed by atoms with Gasteiger partial charge < -0.3 is 14.2 Å². The van der Waals surface area contributed by atoms with Crippen LogP contribution >= 0.6 is 11.8 Å². The summed E-state index contributed by atoms with van der Waals surface area (Å²) in [6.45, 7) is 10.5. The van der Waals surface area contributed by atoms with Crippen LogP contribution in [0.5, 0.6) is 5.75 Å². The highest BCUT2D eigenvalue weighted by Crippen LogP contribution is 2.29. The number of hydrogen-bond acceptors (Lipinski definition) is 6. The van der Waals surface area contributed by atoms with Crippen LogP contribution in [0.1, 0.15) is 41.5 Å². The highest BCUT2D eigenvalue weighted by Gasteiger charge is 2.25. The first-order chi connectivity index (χ1) is 11.4. The van der Waals surface area contributed by atoms with Gasteiger partial charge >= 0.3 is 11.9 Å². The topological polar surface area (TPSA) is 61.8 Å². The van der Waals surface area contributed by atoms with Crippen LogP contribution in [0, 0.1) is 0 Å². The van der Waals surface area contributed by atoms with Gasteiger partial charge in [0.15, 0.2) is 0 Å². The van der Waals surface area contributed by atoms with E-state index in [9.17, 15) is 9.59 Å². The summed E-state index contributed by atoms with van der Waals surface area (Å²) in [5.74, 6) is -1.15. The van der Waals surface area contributed by atoms with E-state index in [0.29, 0.717) is 5.75 Å². The summed E-state index contributed by atoms with van der Waals surface area (Å²) in [4.78, 5) is 25.4. The van der Waals surface area contributed by atoms with Crippen LogP contribution < -0.4 is 4.74 Å². The molecule has 5 nitrogen and oxygen atoms in total. The van der Waals surface area contributed by atoms with E-state index in [2.05, 4.69) is 0 Å². The Morgan fingerprint density at radius 1 is 0.960 bits per heavy atom. The molecule has 0 saturated carbocycles. The fraction of sp³-hybridized carbons (Fsp3) is 0.474. The van der Waals surface area contributed by atoms with E-state index in [1.54, 1.807) is 53.7 Å². The molecule has 0 heterocycles. The van der Waals surface area contributed by atoms with Gasteiger partial charge in [0.25, 0.3) is 0 Å². The molecular formula is C19H26O5S. The molecule has 0 bridgehead atoms. The quantitative estimate of drug-likeness (QED) is 0.334. The van der Waals surface area contributed by atoms with Crippen molar-refractivity contribution in [2.24, 2.45) is 0 Å². The molecule has 0 radical (unpaired) electrons. The maximum Gasteiger partial charge on any atom is 0.375 e. The zero-order valence-corrected chi connectivity index (χ0v) is 16.7. The Kier molecular flexibility index (Phi) is 7.11. The third-order valence-electron chi connectivity index (χ3n) is 2.54. The van der Waals surface area contributed by atoms with Gasteiger partial charge in [0.2, 0.25) is 5.76 Å². The summed E-state index contributed by atoms with van der Waals surface area (Å²) in [6.07, 6.45) is 2.92. The Morgan fingerprint density at radius 2 is 1.52 bits per heavy atom. The standard InChI is InChI=1S/C19H26O5S/c1-18(2,3)23-16(20)12-14(17(21)24-19(4,5)6)22-13-10-8-9-11-15(13)25-7/h8-12H,1-7H3/b14-12+. The fourth-order valence-corrected chi connectivity index (χ4v) is 2.24. The van der Waals surface area contributed by atoms with Crippen LogP contribution in [0.15, 0.2) is 41.0 Å². The molecular weight excluding hydrogens is 340 g/mol. The van der Waals surface area contributed by atoms with E-state index >= 15 is 0 Å². The van der Waals surface area contributed by atoms with Gasteiger partial charge in [-0.2, -0.15) is 0 Å². The second-order valence-corrected chi connectivity index (χ2v) is 8.14. The number of hydrogen-bond donors (Lipinski definition) is 0. The zero-order chi connectivity index (χ0) is 19.3. The minimum Gasteiger partial charge on any atom is -0.457 e. The molecule has 1 aromatic carbocycles. The van der Waals surface area contributed by atoms with Gasteiger partial charge in [-0.15, -0.1) is 11.8 Å². The SMILES string of the molecule is CSc1ccccc1O/C(=C/C(=O)OC(C)(C)C)C(=O)OC(C)(C)C. The van der Waals surface area contributed by atoms with Crippen molar-refractivity contribution < 1.29 is 23.8 Å². The number of rotatable bonds is 5. The summed E-state index contributed by atoms with van der Waals surface area (Å²) in [5, 5.41) is 0. The van der Waals surface area contributed by atoms with Gasteiger partial charge in [0.05, 0.1) is 6.08 Å². The lowest BCUT2D eigenvalue weighted by atomic mass is 10.2. The van der Waals surface area contributed by atoms with Crippen LogP contribution in [0.2, 0.25) is 0 Å². The minimum absolute atomic E-state index is 0.217. The second kappa shape index (κ2) is 8.43. The van der Waals surface area contributed by atoms with Crippen molar-refractivity contribution in [3.8, 4) is 5.75 Å². The molecule has 25 heavy (non-hydrogen) atoms. The third kappa shape index (κ3) is 8.12. The Bertz CT molecular complexity index is 651. The Morgan fingerprint density at radius 3 is 2.04 bits per heavy atom. The smallest absolute Gasteiger partial charge is 0.375 e. The summed E-state index contributed by atoms with van der Waals surface area (Å²) in [5.41, 5.74) is -1.39. The molecule has 0 amide bonds. The number of thioether (sulfide) groups is 1. The summed E-state index contributed by atoms with van der Waals surface area (Å²) in [6, 6.07) is 7.23. The number of carbonyl (C=O) groups excluding carboxylic acids is 2. The average Bonchev–Trinajstić information content (AvgIpc) is 2.43. The van der Waals surface area contributed by atoms with Crippen LogP contribution in [0.4, 0.5) is 0 Å². The maximum atomic E-state index is 12.4. The number of esters is 2. The molecule has 0 aliphatic rings. The van der Waals surface area contributed by atoms with Crippen molar-refractivity contribution in [2.75, 3.05) is 6.26 Å². The first-order valence-corrected chi connectivity index (χ1v) is 9.12. The van der Waals surface area contributed by atoms with Crippen LogP contribution in [0.3, 0.4) is 0 Å². The highest BCUT2D eigenvalue weighted by molar-refractivity contribution is 7.98. The van der Waals surface area contributed by atoms with Crippen molar-refractivity contribution in [2.45, 2.75) is 57.6 Å². The Hall–Kier alpha value is -1.95. The summed E-state index contributed by atoms with van der Waals surface area (Å²) in [7, 11) is 0. The van der Waals surface area contributed by atoms with Gasteiger partial charge in [-0.1, -0.05) is 12.1 Å². The molecule has 0 N–H and O–H groups in total. The lowest BCUT2D eigenvalue weighted by Gasteiger charge is -2.22. The van der Waals surface area contributed by atoms with Crippen LogP contribution in [-0.2, 0) is 19.1 Å². The Balaban J connectivity index is 3.14. The van der Waals surface area contributed by atoms with E-state index in [1.165, 1.54) is 11.8 Å². The van der Waals surface area contributed by atoms with Crippen LogP contribution in [-0.4, -0.2) is 29.4 Å². The molecule has 138 valence electrons. The molecule has 0 atom stereocenters. The number of carbonyl (C=O) groups is 2. The molecule has 1 aromatic rings. The molecule has 6 heteroatoms. The van der Waals surface area contributed by atoms with Gasteiger partial charge in [-0.05, 0) is 59.9 Å². The largest absolute Gasteiger partial charge is 0.457 e. The molecule has 0 unspecified atom stereocenters. The number of benzene rings is 1. The number of ether oxygens (including phenoxy) is 3. The lowest BCUT2D eigenvalue weighted by Crippen LogP contribution is -2.28. The van der Waals surface area contributed by atoms with E-state index in [-0.39, 0.29) is 5.76 Å². The van der Waals surface area contributed by atoms with Gasteiger partial charge in [-0.25, -0.2) is 9.59 Å². The number of para-hydroxylation sites is 1. The molecule has 0 fully saturated rings. The Labute approximate surface area is 153 Å². The average molecular weight is 366 g/mol. The van der Waals surface area contributed by atoms with Crippen LogP contribution in [0.25, 0.3) is 0 Å². The van der Waals surface area contributed by atoms with Crippen molar-refractivity contribution in [3.05, 3.63) is 36.1 Å². The summed E-state index contributed by atoms with van der Waals surface area (Å²) < 4.78 is 16.3. The first-order valence-electron chi connectivity index (χ1n) is 7.90. The van der Waals surface area contributed by atoms with Gasteiger partial charge in [-0.3, -0.25) is 0 Å². The summed E-state index contributed by atoms with van der Waals surface area (Å²) >= 11 is 1.47. The maximum absolute atomic E-state index is 12.4.